The van der Waals surface area contributed by atoms with Gasteiger partial charge in [-0.25, -0.2) is 0 Å². The van der Waals surface area contributed by atoms with Gasteiger partial charge in [0.05, 0.1) is 11.1 Å². The first-order valence-corrected chi connectivity index (χ1v) is 8.19. The second kappa shape index (κ2) is 5.28. The lowest BCUT2D eigenvalue weighted by Gasteiger charge is -2.27. The lowest BCUT2D eigenvalue weighted by atomic mass is 9.75. The Morgan fingerprint density at radius 1 is 1.08 bits per heavy atom. The first kappa shape index (κ1) is 15.6. The van der Waals surface area contributed by atoms with E-state index in [1.54, 1.807) is 13.0 Å². The molecule has 0 amide bonds. The van der Waals surface area contributed by atoms with Gasteiger partial charge < -0.3 is 10.2 Å². The summed E-state index contributed by atoms with van der Waals surface area (Å²) >= 11 is 0. The highest BCUT2D eigenvalue weighted by Crippen LogP contribution is 2.42. The largest absolute Gasteiger partial charge is 0.507 e. The molecular weight excluding hydrogens is 320 g/mol. The van der Waals surface area contributed by atoms with Gasteiger partial charge in [-0.15, -0.1) is 0 Å². The molecule has 4 rings (SSSR count). The molecule has 0 radical (unpaired) electrons. The van der Waals surface area contributed by atoms with Crippen LogP contribution < -0.4 is 0 Å². The lowest BCUT2D eigenvalue weighted by molar-refractivity contribution is -0.121. The summed E-state index contributed by atoms with van der Waals surface area (Å²) < 4.78 is 0. The number of hydrogen-bond donors (Lipinski definition) is 2. The van der Waals surface area contributed by atoms with E-state index >= 15 is 0 Å². The lowest BCUT2D eigenvalue weighted by Crippen LogP contribution is -2.25. The van der Waals surface area contributed by atoms with Crippen LogP contribution in [0.1, 0.15) is 56.3 Å². The number of carbonyl (C=O) groups excluding carboxylic acids is 3. The quantitative estimate of drug-likeness (QED) is 0.712. The fourth-order valence-corrected chi connectivity index (χ4v) is 3.91. The SMILES string of the molecule is CC(=O)C1CCc2c(cc3c(c2O)C(=O)c2c(O)cccc2C3=O)C1. The Hall–Kier alpha value is -2.95. The number of benzene rings is 2. The van der Waals surface area contributed by atoms with Crippen molar-refractivity contribution < 1.29 is 24.6 Å². The molecule has 0 aliphatic heterocycles. The van der Waals surface area contributed by atoms with Crippen molar-refractivity contribution in [1.29, 1.82) is 0 Å². The molecule has 2 aromatic carbocycles. The van der Waals surface area contributed by atoms with Gasteiger partial charge >= 0.3 is 0 Å². The van der Waals surface area contributed by atoms with Crippen molar-refractivity contribution in [2.45, 2.75) is 26.2 Å². The monoisotopic (exact) mass is 336 g/mol. The fourth-order valence-electron chi connectivity index (χ4n) is 3.91. The third-order valence-electron chi connectivity index (χ3n) is 5.27. The van der Waals surface area contributed by atoms with Gasteiger partial charge in [-0.3, -0.25) is 14.4 Å². The van der Waals surface area contributed by atoms with Gasteiger partial charge in [-0.1, -0.05) is 12.1 Å². The Balaban J connectivity index is 1.94. The third-order valence-corrected chi connectivity index (χ3v) is 5.27. The molecule has 2 N–H and O–H groups in total. The topological polar surface area (TPSA) is 91.7 Å². The maximum Gasteiger partial charge on any atom is 0.201 e. The minimum Gasteiger partial charge on any atom is -0.507 e. The van der Waals surface area contributed by atoms with Crippen LogP contribution in [0.3, 0.4) is 0 Å². The molecule has 126 valence electrons. The van der Waals surface area contributed by atoms with Crippen LogP contribution in [-0.2, 0) is 17.6 Å². The Morgan fingerprint density at radius 2 is 1.84 bits per heavy atom. The van der Waals surface area contributed by atoms with E-state index in [4.69, 9.17) is 0 Å². The zero-order valence-corrected chi connectivity index (χ0v) is 13.6. The van der Waals surface area contributed by atoms with E-state index in [-0.39, 0.29) is 45.5 Å². The van der Waals surface area contributed by atoms with Crippen LogP contribution in [-0.4, -0.2) is 27.6 Å². The summed E-state index contributed by atoms with van der Waals surface area (Å²) in [5.41, 5.74) is 1.54. The normalized spacial score (nSPS) is 18.4. The second-order valence-corrected chi connectivity index (χ2v) is 6.69. The molecule has 0 heterocycles. The number of carbonyl (C=O) groups is 3. The molecule has 1 unspecified atom stereocenters. The van der Waals surface area contributed by atoms with Gasteiger partial charge in [0.25, 0.3) is 0 Å². The Labute approximate surface area is 143 Å². The maximum absolute atomic E-state index is 12.8. The number of phenolic OH excluding ortho intramolecular Hbond substituents is 2. The van der Waals surface area contributed by atoms with Gasteiger partial charge in [0.2, 0.25) is 5.78 Å². The number of hydrogen-bond acceptors (Lipinski definition) is 5. The number of fused-ring (bicyclic) bond motifs is 3. The van der Waals surface area contributed by atoms with E-state index in [1.165, 1.54) is 18.2 Å². The molecule has 2 aromatic rings. The van der Waals surface area contributed by atoms with Crippen LogP contribution in [0.15, 0.2) is 24.3 Å². The highest BCUT2D eigenvalue weighted by atomic mass is 16.3. The van der Waals surface area contributed by atoms with E-state index in [2.05, 4.69) is 0 Å². The number of rotatable bonds is 1. The molecule has 0 saturated heterocycles. The number of Topliss-reactive ketones (excluding diaryl/α,β-unsaturated/α-hetero) is 1. The van der Waals surface area contributed by atoms with Crippen LogP contribution in [0, 0.1) is 5.92 Å². The zero-order valence-electron chi connectivity index (χ0n) is 13.6. The van der Waals surface area contributed by atoms with Crippen LogP contribution in [0.25, 0.3) is 0 Å². The minimum absolute atomic E-state index is 0.0426. The summed E-state index contributed by atoms with van der Waals surface area (Å²) in [6.45, 7) is 1.54. The first-order chi connectivity index (χ1) is 11.9. The molecule has 0 spiro atoms. The Bertz CT molecular complexity index is 971. The summed E-state index contributed by atoms with van der Waals surface area (Å²) in [7, 11) is 0. The average Bonchev–Trinajstić information content (AvgIpc) is 2.58. The predicted molar refractivity (Wildman–Crippen MR) is 89.3 cm³/mol. The van der Waals surface area contributed by atoms with Crippen molar-refractivity contribution in [3.05, 3.63) is 57.6 Å². The van der Waals surface area contributed by atoms with Gasteiger partial charge in [0.1, 0.15) is 17.3 Å². The summed E-state index contributed by atoms with van der Waals surface area (Å²) in [6.07, 6.45) is 1.55. The molecule has 0 saturated carbocycles. The molecule has 5 nitrogen and oxygen atoms in total. The van der Waals surface area contributed by atoms with Crippen molar-refractivity contribution in [3.63, 3.8) is 0 Å². The Kier molecular flexibility index (Phi) is 3.29. The first-order valence-electron chi connectivity index (χ1n) is 8.19. The Morgan fingerprint density at radius 3 is 2.56 bits per heavy atom. The summed E-state index contributed by atoms with van der Waals surface area (Å²) in [5, 5.41) is 20.7. The summed E-state index contributed by atoms with van der Waals surface area (Å²) in [4.78, 5) is 37.3. The van der Waals surface area contributed by atoms with Gasteiger partial charge in [-0.05, 0) is 49.4 Å². The van der Waals surface area contributed by atoms with Gasteiger partial charge in [-0.2, -0.15) is 0 Å². The molecule has 0 aromatic heterocycles. The number of ketones is 3. The molecule has 25 heavy (non-hydrogen) atoms. The molecular formula is C20H16O5. The van der Waals surface area contributed by atoms with Crippen LogP contribution >= 0.6 is 0 Å². The van der Waals surface area contributed by atoms with Crippen molar-refractivity contribution >= 4 is 17.3 Å². The standard InChI is InChI=1S/C20H16O5/c1-9(21)10-5-6-12-11(7-10)8-14-17(19(12)24)20(25)16-13(18(14)23)3-2-4-15(16)22/h2-4,8,10,22,24H,5-7H2,1H3. The highest BCUT2D eigenvalue weighted by Gasteiger charge is 2.37. The predicted octanol–water partition coefficient (Wildman–Crippen LogP) is 2.57. The van der Waals surface area contributed by atoms with Crippen LogP contribution in [0.4, 0.5) is 0 Å². The van der Waals surface area contributed by atoms with Crippen molar-refractivity contribution in [2.75, 3.05) is 0 Å². The smallest absolute Gasteiger partial charge is 0.201 e. The number of phenols is 2. The van der Waals surface area contributed by atoms with Crippen molar-refractivity contribution in [3.8, 4) is 11.5 Å². The van der Waals surface area contributed by atoms with E-state index in [0.29, 0.717) is 24.8 Å². The fraction of sp³-hybridized carbons (Fsp3) is 0.250. The summed E-state index contributed by atoms with van der Waals surface area (Å²) in [6, 6.07) is 5.98. The molecule has 0 fully saturated rings. The average molecular weight is 336 g/mol. The molecule has 5 heteroatoms. The molecule has 2 aliphatic carbocycles. The van der Waals surface area contributed by atoms with E-state index in [0.717, 1.165) is 5.56 Å². The molecule has 0 bridgehead atoms. The second-order valence-electron chi connectivity index (χ2n) is 6.69. The van der Waals surface area contributed by atoms with E-state index < -0.39 is 11.6 Å². The molecule has 1 atom stereocenters. The number of aromatic hydroxyl groups is 2. The van der Waals surface area contributed by atoms with Crippen molar-refractivity contribution in [1.82, 2.24) is 0 Å². The van der Waals surface area contributed by atoms with Crippen LogP contribution in [0.5, 0.6) is 11.5 Å². The summed E-state index contributed by atoms with van der Waals surface area (Å²) in [5.74, 6) is -1.45. The highest BCUT2D eigenvalue weighted by molar-refractivity contribution is 6.30. The molecule has 2 aliphatic rings. The van der Waals surface area contributed by atoms with E-state index in [1.807, 2.05) is 0 Å². The third kappa shape index (κ3) is 2.12. The van der Waals surface area contributed by atoms with Crippen LogP contribution in [0.2, 0.25) is 0 Å². The minimum atomic E-state index is -0.545. The van der Waals surface area contributed by atoms with Gasteiger partial charge in [0.15, 0.2) is 5.78 Å². The maximum atomic E-state index is 12.8. The van der Waals surface area contributed by atoms with E-state index in [9.17, 15) is 24.6 Å². The zero-order chi connectivity index (χ0) is 17.9. The van der Waals surface area contributed by atoms with Gasteiger partial charge in [0, 0.05) is 17.0 Å². The van der Waals surface area contributed by atoms with Crippen molar-refractivity contribution in [2.24, 2.45) is 5.92 Å².